The minimum atomic E-state index is -0.986. The summed E-state index contributed by atoms with van der Waals surface area (Å²) in [6, 6.07) is 14.5. The van der Waals surface area contributed by atoms with Gasteiger partial charge in [-0.25, -0.2) is 4.79 Å². The number of benzene rings is 2. The highest BCUT2D eigenvalue weighted by molar-refractivity contribution is 7.80. The molecular formula is C18H19N3O2S. The number of hydrogen-bond acceptors (Lipinski definition) is 3. The molecule has 0 fully saturated rings. The van der Waals surface area contributed by atoms with Crippen LogP contribution in [0.2, 0.25) is 0 Å². The Morgan fingerprint density at radius 2 is 1.92 bits per heavy atom. The highest BCUT2D eigenvalue weighted by Gasteiger charge is 2.04. The molecule has 2 aromatic carbocycles. The monoisotopic (exact) mass is 341 g/mol. The molecule has 2 aromatic rings. The molecule has 5 nitrogen and oxygen atoms in total. The Balaban J connectivity index is 1.90. The molecule has 6 heteroatoms. The van der Waals surface area contributed by atoms with Crippen molar-refractivity contribution in [2.75, 3.05) is 5.32 Å². The zero-order valence-corrected chi connectivity index (χ0v) is 14.3. The quantitative estimate of drug-likeness (QED) is 0.438. The SMILES string of the molecule is CC(C)c1ccc(C=NNC(=S)Nc2cccc(C(=O)O)c2)cc1. The fourth-order valence-electron chi connectivity index (χ4n) is 2.02. The van der Waals surface area contributed by atoms with E-state index >= 15 is 0 Å². The minimum absolute atomic E-state index is 0.191. The lowest BCUT2D eigenvalue weighted by atomic mass is 10.0. The van der Waals surface area contributed by atoms with Gasteiger partial charge in [0.15, 0.2) is 5.11 Å². The van der Waals surface area contributed by atoms with E-state index in [9.17, 15) is 4.79 Å². The molecule has 124 valence electrons. The van der Waals surface area contributed by atoms with Crippen LogP contribution < -0.4 is 10.7 Å². The highest BCUT2D eigenvalue weighted by atomic mass is 32.1. The average molecular weight is 341 g/mol. The number of carboxylic acids is 1. The van der Waals surface area contributed by atoms with Crippen molar-refractivity contribution in [3.63, 3.8) is 0 Å². The molecule has 0 atom stereocenters. The third kappa shape index (κ3) is 5.17. The minimum Gasteiger partial charge on any atom is -0.478 e. The van der Waals surface area contributed by atoms with Gasteiger partial charge in [-0.2, -0.15) is 5.10 Å². The second-order valence-corrected chi connectivity index (χ2v) is 5.94. The van der Waals surface area contributed by atoms with Crippen molar-refractivity contribution in [2.45, 2.75) is 19.8 Å². The highest BCUT2D eigenvalue weighted by Crippen LogP contribution is 2.14. The van der Waals surface area contributed by atoms with Crippen LogP contribution in [-0.2, 0) is 0 Å². The summed E-state index contributed by atoms with van der Waals surface area (Å²) >= 11 is 5.13. The normalized spacial score (nSPS) is 10.8. The van der Waals surface area contributed by atoms with E-state index in [1.54, 1.807) is 18.3 Å². The first-order valence-electron chi connectivity index (χ1n) is 7.49. The smallest absolute Gasteiger partial charge is 0.335 e. The maximum absolute atomic E-state index is 10.9. The van der Waals surface area contributed by atoms with E-state index in [4.69, 9.17) is 17.3 Å². The van der Waals surface area contributed by atoms with Crippen LogP contribution in [0.1, 0.15) is 41.3 Å². The summed E-state index contributed by atoms with van der Waals surface area (Å²) < 4.78 is 0. The topological polar surface area (TPSA) is 73.7 Å². The summed E-state index contributed by atoms with van der Waals surface area (Å²) in [4.78, 5) is 10.9. The first kappa shape index (κ1) is 17.6. The van der Waals surface area contributed by atoms with Crippen LogP contribution in [-0.4, -0.2) is 22.4 Å². The van der Waals surface area contributed by atoms with Crippen molar-refractivity contribution >= 4 is 35.2 Å². The Hall–Kier alpha value is -2.73. The van der Waals surface area contributed by atoms with Crippen LogP contribution >= 0.6 is 12.2 Å². The molecule has 0 amide bonds. The van der Waals surface area contributed by atoms with E-state index in [0.29, 0.717) is 11.6 Å². The lowest BCUT2D eigenvalue weighted by molar-refractivity contribution is 0.0697. The van der Waals surface area contributed by atoms with Gasteiger partial charge in [-0.15, -0.1) is 0 Å². The van der Waals surface area contributed by atoms with Crippen LogP contribution in [0.4, 0.5) is 5.69 Å². The number of hydrazone groups is 1. The largest absolute Gasteiger partial charge is 0.478 e. The number of rotatable bonds is 5. The molecule has 0 saturated carbocycles. The van der Waals surface area contributed by atoms with Crippen molar-refractivity contribution in [2.24, 2.45) is 5.10 Å². The number of aromatic carboxylic acids is 1. The number of nitrogens with one attached hydrogen (secondary N) is 2. The van der Waals surface area contributed by atoms with Crippen LogP contribution in [0, 0.1) is 0 Å². The van der Waals surface area contributed by atoms with E-state index in [2.05, 4.69) is 41.8 Å². The number of hydrogen-bond donors (Lipinski definition) is 3. The molecule has 2 rings (SSSR count). The first-order chi connectivity index (χ1) is 11.5. The molecule has 24 heavy (non-hydrogen) atoms. The summed E-state index contributed by atoms with van der Waals surface area (Å²) in [5.41, 5.74) is 5.72. The Bertz CT molecular complexity index is 755. The van der Waals surface area contributed by atoms with Gasteiger partial charge < -0.3 is 10.4 Å². The summed E-state index contributed by atoms with van der Waals surface area (Å²) in [6.07, 6.45) is 1.67. The summed E-state index contributed by atoms with van der Waals surface area (Å²) in [5.74, 6) is -0.493. The van der Waals surface area contributed by atoms with E-state index in [1.807, 2.05) is 12.1 Å². The van der Waals surface area contributed by atoms with Crippen LogP contribution in [0.15, 0.2) is 53.6 Å². The lowest BCUT2D eigenvalue weighted by Gasteiger charge is -2.07. The number of nitrogens with zero attached hydrogens (tertiary/aromatic N) is 1. The van der Waals surface area contributed by atoms with Gasteiger partial charge in [0.05, 0.1) is 11.8 Å². The Morgan fingerprint density at radius 3 is 2.54 bits per heavy atom. The summed E-state index contributed by atoms with van der Waals surface area (Å²) in [7, 11) is 0. The zero-order chi connectivity index (χ0) is 17.5. The predicted molar refractivity (Wildman–Crippen MR) is 101 cm³/mol. The molecule has 0 aliphatic heterocycles. The fourth-order valence-corrected chi connectivity index (χ4v) is 2.19. The van der Waals surface area contributed by atoms with Gasteiger partial charge in [-0.05, 0) is 47.5 Å². The Kier molecular flexibility index (Phi) is 6.03. The molecule has 0 radical (unpaired) electrons. The predicted octanol–water partition coefficient (Wildman–Crippen LogP) is 3.83. The molecule has 3 N–H and O–H groups in total. The van der Waals surface area contributed by atoms with Crippen molar-refractivity contribution < 1.29 is 9.90 Å². The van der Waals surface area contributed by atoms with Crippen molar-refractivity contribution in [1.29, 1.82) is 0 Å². The van der Waals surface area contributed by atoms with Crippen molar-refractivity contribution in [3.05, 3.63) is 65.2 Å². The van der Waals surface area contributed by atoms with Gasteiger partial charge in [0.1, 0.15) is 0 Å². The molecule has 0 heterocycles. The Morgan fingerprint density at radius 1 is 1.21 bits per heavy atom. The molecular weight excluding hydrogens is 322 g/mol. The lowest BCUT2D eigenvalue weighted by Crippen LogP contribution is -2.24. The van der Waals surface area contributed by atoms with Gasteiger partial charge >= 0.3 is 5.97 Å². The fraction of sp³-hybridized carbons (Fsp3) is 0.167. The molecule has 0 saturated heterocycles. The average Bonchev–Trinajstić information content (AvgIpc) is 2.55. The zero-order valence-electron chi connectivity index (χ0n) is 13.5. The van der Waals surface area contributed by atoms with E-state index < -0.39 is 5.97 Å². The maximum atomic E-state index is 10.9. The molecule has 0 spiro atoms. The second-order valence-electron chi connectivity index (χ2n) is 5.53. The van der Waals surface area contributed by atoms with Crippen LogP contribution in [0.3, 0.4) is 0 Å². The summed E-state index contributed by atoms with van der Waals surface area (Å²) in [5, 5.41) is 16.2. The molecule has 0 aliphatic carbocycles. The Labute approximate surface area is 146 Å². The number of anilines is 1. The number of carboxylic acid groups (broad SMARTS) is 1. The van der Waals surface area contributed by atoms with E-state index in [0.717, 1.165) is 5.56 Å². The van der Waals surface area contributed by atoms with E-state index in [1.165, 1.54) is 17.7 Å². The molecule has 0 bridgehead atoms. The van der Waals surface area contributed by atoms with Crippen LogP contribution in [0.25, 0.3) is 0 Å². The molecule has 0 aliphatic rings. The van der Waals surface area contributed by atoms with Gasteiger partial charge in [-0.3, -0.25) is 5.43 Å². The third-order valence-corrected chi connectivity index (χ3v) is 3.54. The molecule has 0 unspecified atom stereocenters. The number of thiocarbonyl (C=S) groups is 1. The van der Waals surface area contributed by atoms with Gasteiger partial charge in [0.2, 0.25) is 0 Å². The van der Waals surface area contributed by atoms with Gasteiger partial charge in [-0.1, -0.05) is 44.2 Å². The number of carbonyl (C=O) groups is 1. The van der Waals surface area contributed by atoms with Crippen molar-refractivity contribution in [3.8, 4) is 0 Å². The maximum Gasteiger partial charge on any atom is 0.335 e. The third-order valence-electron chi connectivity index (χ3n) is 3.35. The van der Waals surface area contributed by atoms with Gasteiger partial charge in [0.25, 0.3) is 0 Å². The van der Waals surface area contributed by atoms with E-state index in [-0.39, 0.29) is 10.7 Å². The van der Waals surface area contributed by atoms with Gasteiger partial charge in [0, 0.05) is 5.69 Å². The van der Waals surface area contributed by atoms with Crippen LogP contribution in [0.5, 0.6) is 0 Å². The first-order valence-corrected chi connectivity index (χ1v) is 7.90. The summed E-state index contributed by atoms with van der Waals surface area (Å²) in [6.45, 7) is 4.29. The second kappa shape index (κ2) is 8.21. The van der Waals surface area contributed by atoms with Crippen molar-refractivity contribution in [1.82, 2.24) is 5.43 Å². The standard InChI is InChI=1S/C18H19N3O2S/c1-12(2)14-8-6-13(7-9-14)11-19-21-18(24)20-16-5-3-4-15(10-16)17(22)23/h3-12H,1-2H3,(H,22,23)(H2,20,21,24). The molecule has 0 aromatic heterocycles.